The molecule has 1 aliphatic rings. The fraction of sp³-hybridized carbons (Fsp3) is 0.833. The number of amides is 1. The fourth-order valence-corrected chi connectivity index (χ4v) is 2.17. The van der Waals surface area contributed by atoms with Gasteiger partial charge in [-0.3, -0.25) is 9.59 Å². The van der Waals surface area contributed by atoms with Crippen LogP contribution in [0, 0.1) is 11.8 Å². The monoisotopic (exact) mass is 227 g/mol. The molecule has 1 amide bonds. The van der Waals surface area contributed by atoms with Crippen molar-refractivity contribution in [1.82, 2.24) is 5.32 Å². The first kappa shape index (κ1) is 13.0. The van der Waals surface area contributed by atoms with E-state index < -0.39 is 5.97 Å². The van der Waals surface area contributed by atoms with E-state index >= 15 is 0 Å². The zero-order valence-corrected chi connectivity index (χ0v) is 9.87. The minimum absolute atomic E-state index is 0.0415. The summed E-state index contributed by atoms with van der Waals surface area (Å²) in [6, 6.07) is 0. The van der Waals surface area contributed by atoms with Gasteiger partial charge in [-0.1, -0.05) is 19.8 Å². The van der Waals surface area contributed by atoms with Gasteiger partial charge in [0.05, 0.1) is 5.92 Å². The first-order valence-electron chi connectivity index (χ1n) is 6.15. The van der Waals surface area contributed by atoms with Crippen LogP contribution in [0.15, 0.2) is 0 Å². The number of carboxylic acids is 1. The van der Waals surface area contributed by atoms with E-state index in [1.165, 1.54) is 0 Å². The number of carbonyl (C=O) groups excluding carboxylic acids is 1. The third-order valence-electron chi connectivity index (χ3n) is 3.23. The second-order valence-electron chi connectivity index (χ2n) is 4.54. The van der Waals surface area contributed by atoms with E-state index in [0.717, 1.165) is 32.2 Å². The fourth-order valence-electron chi connectivity index (χ4n) is 2.17. The molecule has 0 aromatic carbocycles. The van der Waals surface area contributed by atoms with E-state index in [1.54, 1.807) is 0 Å². The molecule has 4 nitrogen and oxygen atoms in total. The Bertz CT molecular complexity index is 253. The molecular formula is C12H21NO3. The van der Waals surface area contributed by atoms with E-state index in [0.29, 0.717) is 12.8 Å². The van der Waals surface area contributed by atoms with Crippen molar-refractivity contribution < 1.29 is 14.7 Å². The molecule has 0 aliphatic heterocycles. The first-order valence-corrected chi connectivity index (χ1v) is 6.15. The first-order chi connectivity index (χ1) is 7.65. The summed E-state index contributed by atoms with van der Waals surface area (Å²) in [5, 5.41) is 11.7. The minimum atomic E-state index is -0.763. The Hall–Kier alpha value is -1.06. The molecule has 2 N–H and O–H groups in total. The topological polar surface area (TPSA) is 66.4 Å². The summed E-state index contributed by atoms with van der Waals surface area (Å²) >= 11 is 0. The van der Waals surface area contributed by atoms with Crippen LogP contribution in [0.25, 0.3) is 0 Å². The number of hydrogen-bond acceptors (Lipinski definition) is 2. The lowest BCUT2D eigenvalue weighted by Crippen LogP contribution is -2.30. The normalized spacial score (nSPS) is 24.3. The maximum atomic E-state index is 11.7. The molecule has 0 saturated heterocycles. The van der Waals surface area contributed by atoms with Gasteiger partial charge in [0, 0.05) is 12.5 Å². The van der Waals surface area contributed by atoms with Gasteiger partial charge >= 0.3 is 5.97 Å². The molecule has 92 valence electrons. The van der Waals surface area contributed by atoms with Crippen molar-refractivity contribution in [3.63, 3.8) is 0 Å². The van der Waals surface area contributed by atoms with Crippen molar-refractivity contribution in [2.75, 3.05) is 6.54 Å². The number of carboxylic acid groups (broad SMARTS) is 1. The highest BCUT2D eigenvalue weighted by molar-refractivity contribution is 5.80. The minimum Gasteiger partial charge on any atom is -0.481 e. The number of rotatable bonds is 6. The van der Waals surface area contributed by atoms with Gasteiger partial charge in [-0.05, 0) is 25.7 Å². The van der Waals surface area contributed by atoms with Crippen LogP contribution in [0.5, 0.6) is 0 Å². The van der Waals surface area contributed by atoms with Crippen LogP contribution in [0.3, 0.4) is 0 Å². The Labute approximate surface area is 96.4 Å². The van der Waals surface area contributed by atoms with Gasteiger partial charge in [-0.2, -0.15) is 0 Å². The Kier molecular flexibility index (Phi) is 5.29. The van der Waals surface area contributed by atoms with Crippen LogP contribution < -0.4 is 5.32 Å². The van der Waals surface area contributed by atoms with Crippen LogP contribution in [-0.2, 0) is 9.59 Å². The van der Waals surface area contributed by atoms with E-state index in [9.17, 15) is 9.59 Å². The SMILES string of the molecule is CCCCCNC(=O)[C@@H]1CC[C@H](C(=O)O)C1. The Morgan fingerprint density at radius 1 is 1.25 bits per heavy atom. The van der Waals surface area contributed by atoms with Gasteiger partial charge in [0.2, 0.25) is 5.91 Å². The lowest BCUT2D eigenvalue weighted by molar-refractivity contribution is -0.141. The van der Waals surface area contributed by atoms with E-state index in [-0.39, 0.29) is 17.7 Å². The lowest BCUT2D eigenvalue weighted by Gasteiger charge is -2.10. The van der Waals surface area contributed by atoms with Crippen LogP contribution in [0.4, 0.5) is 0 Å². The van der Waals surface area contributed by atoms with Crippen molar-refractivity contribution in [3.05, 3.63) is 0 Å². The molecule has 0 aromatic rings. The highest BCUT2D eigenvalue weighted by Gasteiger charge is 2.33. The zero-order chi connectivity index (χ0) is 12.0. The summed E-state index contributed by atoms with van der Waals surface area (Å²) in [6.45, 7) is 2.84. The Balaban J connectivity index is 2.20. The number of hydrogen-bond donors (Lipinski definition) is 2. The largest absolute Gasteiger partial charge is 0.481 e. The second kappa shape index (κ2) is 6.51. The molecule has 2 atom stereocenters. The molecule has 1 fully saturated rings. The third-order valence-corrected chi connectivity index (χ3v) is 3.23. The third kappa shape index (κ3) is 3.83. The molecule has 1 aliphatic carbocycles. The molecule has 0 radical (unpaired) electrons. The molecular weight excluding hydrogens is 206 g/mol. The van der Waals surface area contributed by atoms with Gasteiger partial charge in [-0.25, -0.2) is 0 Å². The maximum Gasteiger partial charge on any atom is 0.306 e. The van der Waals surface area contributed by atoms with Gasteiger partial charge in [0.1, 0.15) is 0 Å². The molecule has 4 heteroatoms. The summed E-state index contributed by atoms with van der Waals surface area (Å²) in [4.78, 5) is 22.4. The predicted octanol–water partition coefficient (Wildman–Crippen LogP) is 1.79. The van der Waals surface area contributed by atoms with Crippen LogP contribution in [0.2, 0.25) is 0 Å². The summed E-state index contributed by atoms with van der Waals surface area (Å²) in [5.74, 6) is -1.12. The summed E-state index contributed by atoms with van der Waals surface area (Å²) in [6.07, 6.45) is 5.15. The van der Waals surface area contributed by atoms with Crippen LogP contribution >= 0.6 is 0 Å². The zero-order valence-electron chi connectivity index (χ0n) is 9.87. The molecule has 0 spiro atoms. The van der Waals surface area contributed by atoms with Crippen molar-refractivity contribution in [1.29, 1.82) is 0 Å². The van der Waals surface area contributed by atoms with Gasteiger partial charge in [-0.15, -0.1) is 0 Å². The molecule has 1 saturated carbocycles. The smallest absolute Gasteiger partial charge is 0.306 e. The Morgan fingerprint density at radius 2 is 1.94 bits per heavy atom. The average molecular weight is 227 g/mol. The van der Waals surface area contributed by atoms with Crippen LogP contribution in [-0.4, -0.2) is 23.5 Å². The van der Waals surface area contributed by atoms with Crippen molar-refractivity contribution in [2.45, 2.75) is 45.4 Å². The average Bonchev–Trinajstić information content (AvgIpc) is 2.73. The van der Waals surface area contributed by atoms with E-state index in [4.69, 9.17) is 5.11 Å². The molecule has 0 aromatic heterocycles. The summed E-state index contributed by atoms with van der Waals surface area (Å²) < 4.78 is 0. The number of nitrogens with one attached hydrogen (secondary N) is 1. The molecule has 16 heavy (non-hydrogen) atoms. The number of carbonyl (C=O) groups is 2. The summed E-state index contributed by atoms with van der Waals surface area (Å²) in [7, 11) is 0. The van der Waals surface area contributed by atoms with Gasteiger partial charge in [0.25, 0.3) is 0 Å². The maximum absolute atomic E-state index is 11.7. The Morgan fingerprint density at radius 3 is 2.50 bits per heavy atom. The van der Waals surface area contributed by atoms with E-state index in [1.807, 2.05) is 0 Å². The highest BCUT2D eigenvalue weighted by atomic mass is 16.4. The standard InChI is InChI=1S/C12H21NO3/c1-2-3-4-7-13-11(14)9-5-6-10(8-9)12(15)16/h9-10H,2-8H2,1H3,(H,13,14)(H,15,16)/t9-,10+/m1/s1. The van der Waals surface area contributed by atoms with Gasteiger partial charge < -0.3 is 10.4 Å². The number of unbranched alkanes of at least 4 members (excludes halogenated alkanes) is 2. The molecule has 1 rings (SSSR count). The van der Waals surface area contributed by atoms with Crippen molar-refractivity contribution in [3.8, 4) is 0 Å². The predicted molar refractivity (Wildman–Crippen MR) is 61.0 cm³/mol. The molecule has 0 heterocycles. The van der Waals surface area contributed by atoms with Gasteiger partial charge in [0.15, 0.2) is 0 Å². The van der Waals surface area contributed by atoms with E-state index in [2.05, 4.69) is 12.2 Å². The number of aliphatic carboxylic acids is 1. The van der Waals surface area contributed by atoms with Crippen molar-refractivity contribution in [2.24, 2.45) is 11.8 Å². The lowest BCUT2D eigenvalue weighted by atomic mass is 10.0. The highest BCUT2D eigenvalue weighted by Crippen LogP contribution is 2.30. The quantitative estimate of drug-likeness (QED) is 0.680. The molecule has 0 unspecified atom stereocenters. The summed E-state index contributed by atoms with van der Waals surface area (Å²) in [5.41, 5.74) is 0. The van der Waals surface area contributed by atoms with Crippen LogP contribution in [0.1, 0.15) is 45.4 Å². The second-order valence-corrected chi connectivity index (χ2v) is 4.54. The van der Waals surface area contributed by atoms with Crippen molar-refractivity contribution >= 4 is 11.9 Å². The molecule has 0 bridgehead atoms.